The molecule has 0 saturated heterocycles. The van der Waals surface area contributed by atoms with E-state index >= 15 is 0 Å². The Labute approximate surface area is 152 Å². The van der Waals surface area contributed by atoms with Crippen LogP contribution >= 0.6 is 12.4 Å². The van der Waals surface area contributed by atoms with Crippen molar-refractivity contribution in [2.45, 2.75) is 19.4 Å². The quantitative estimate of drug-likeness (QED) is 0.767. The van der Waals surface area contributed by atoms with Gasteiger partial charge in [0, 0.05) is 17.3 Å². The van der Waals surface area contributed by atoms with Gasteiger partial charge in [-0.1, -0.05) is 12.1 Å². The Hall–Kier alpha value is -2.47. The summed E-state index contributed by atoms with van der Waals surface area (Å²) in [5.41, 5.74) is 7.42. The predicted molar refractivity (Wildman–Crippen MR) is 97.9 cm³/mol. The standard InChI is InChI=1S/C18H21FN2O3.ClH/c1-11(14-9-16(23-2)17(24-3)10-15(14)19)21-18(22)8-12-4-6-13(20)7-5-12;/h4-7,9-11H,8,20H2,1-3H3,(H,21,22);1H. The van der Waals surface area contributed by atoms with Crippen LogP contribution in [0.3, 0.4) is 0 Å². The zero-order chi connectivity index (χ0) is 17.7. The van der Waals surface area contributed by atoms with E-state index in [4.69, 9.17) is 15.2 Å². The van der Waals surface area contributed by atoms with E-state index < -0.39 is 11.9 Å². The van der Waals surface area contributed by atoms with Crippen molar-refractivity contribution in [3.63, 3.8) is 0 Å². The Bertz CT molecular complexity index is 723. The predicted octanol–water partition coefficient (Wildman–Crippen LogP) is 3.27. The molecule has 1 atom stereocenters. The summed E-state index contributed by atoms with van der Waals surface area (Å²) in [4.78, 5) is 12.1. The molecule has 0 aliphatic carbocycles. The first-order valence-electron chi connectivity index (χ1n) is 7.49. The second kappa shape index (κ2) is 9.13. The first-order valence-corrected chi connectivity index (χ1v) is 7.49. The molecule has 25 heavy (non-hydrogen) atoms. The van der Waals surface area contributed by atoms with Crippen LogP contribution in [0, 0.1) is 5.82 Å². The lowest BCUT2D eigenvalue weighted by Crippen LogP contribution is -2.28. The van der Waals surface area contributed by atoms with Crippen molar-refractivity contribution in [2.24, 2.45) is 0 Å². The lowest BCUT2D eigenvalue weighted by atomic mass is 10.1. The third-order valence-electron chi connectivity index (χ3n) is 3.69. The molecule has 0 spiro atoms. The SMILES string of the molecule is COc1cc(F)c(C(C)NC(=O)Cc2ccc(N)cc2)cc1OC.Cl. The number of benzene rings is 2. The van der Waals surface area contributed by atoms with E-state index in [1.807, 2.05) is 0 Å². The molecule has 0 aliphatic rings. The fraction of sp³-hybridized carbons (Fsp3) is 0.278. The third-order valence-corrected chi connectivity index (χ3v) is 3.69. The molecule has 1 amide bonds. The number of methoxy groups -OCH3 is 2. The second-order valence-electron chi connectivity index (χ2n) is 5.44. The number of amides is 1. The Morgan fingerprint density at radius 2 is 1.72 bits per heavy atom. The zero-order valence-electron chi connectivity index (χ0n) is 14.3. The molecule has 1 unspecified atom stereocenters. The summed E-state index contributed by atoms with van der Waals surface area (Å²) in [7, 11) is 2.92. The van der Waals surface area contributed by atoms with Crippen LogP contribution in [0.1, 0.15) is 24.1 Å². The van der Waals surface area contributed by atoms with Crippen LogP contribution in [0.15, 0.2) is 36.4 Å². The minimum atomic E-state index is -0.508. The minimum Gasteiger partial charge on any atom is -0.493 e. The number of carbonyl (C=O) groups is 1. The maximum Gasteiger partial charge on any atom is 0.224 e. The Balaban J connectivity index is 0.00000312. The monoisotopic (exact) mass is 368 g/mol. The highest BCUT2D eigenvalue weighted by molar-refractivity contribution is 5.85. The average Bonchev–Trinajstić information content (AvgIpc) is 2.56. The van der Waals surface area contributed by atoms with E-state index in [1.165, 1.54) is 26.4 Å². The molecule has 0 bridgehead atoms. The van der Waals surface area contributed by atoms with Gasteiger partial charge in [-0.15, -0.1) is 12.4 Å². The van der Waals surface area contributed by atoms with Gasteiger partial charge >= 0.3 is 0 Å². The smallest absolute Gasteiger partial charge is 0.224 e. The largest absolute Gasteiger partial charge is 0.493 e. The molecule has 2 aromatic rings. The molecule has 3 N–H and O–H groups in total. The Morgan fingerprint density at radius 3 is 2.28 bits per heavy atom. The molecule has 136 valence electrons. The van der Waals surface area contributed by atoms with Crippen molar-refractivity contribution in [1.82, 2.24) is 5.32 Å². The molecule has 0 heterocycles. The number of carbonyl (C=O) groups excluding carboxylic acids is 1. The van der Waals surface area contributed by atoms with Crippen LogP contribution in [0.4, 0.5) is 10.1 Å². The molecule has 0 saturated carbocycles. The number of ether oxygens (including phenoxy) is 2. The number of nitrogens with one attached hydrogen (secondary N) is 1. The number of anilines is 1. The van der Waals surface area contributed by atoms with Crippen molar-refractivity contribution in [2.75, 3.05) is 20.0 Å². The zero-order valence-corrected chi connectivity index (χ0v) is 15.2. The highest BCUT2D eigenvalue weighted by Crippen LogP contribution is 2.32. The summed E-state index contributed by atoms with van der Waals surface area (Å²) in [5, 5.41) is 2.78. The number of rotatable bonds is 6. The molecule has 2 rings (SSSR count). The summed E-state index contributed by atoms with van der Waals surface area (Å²) in [6, 6.07) is 9.32. The van der Waals surface area contributed by atoms with Crippen molar-refractivity contribution in [3.8, 4) is 11.5 Å². The highest BCUT2D eigenvalue weighted by Gasteiger charge is 2.18. The number of halogens is 2. The van der Waals surface area contributed by atoms with Gasteiger partial charge in [0.15, 0.2) is 11.5 Å². The highest BCUT2D eigenvalue weighted by atomic mass is 35.5. The van der Waals surface area contributed by atoms with Gasteiger partial charge in [0.25, 0.3) is 0 Å². The Kier molecular flexibility index (Phi) is 7.51. The number of nitrogens with two attached hydrogens (primary N) is 1. The summed E-state index contributed by atoms with van der Waals surface area (Å²) in [6.07, 6.45) is 0.194. The molecule has 5 nitrogen and oxygen atoms in total. The lowest BCUT2D eigenvalue weighted by Gasteiger charge is -2.17. The maximum atomic E-state index is 14.2. The molecular formula is C18H22ClFN2O3. The van der Waals surface area contributed by atoms with E-state index in [-0.39, 0.29) is 24.7 Å². The first-order chi connectivity index (χ1) is 11.4. The van der Waals surface area contributed by atoms with Crippen LogP contribution in [0.25, 0.3) is 0 Å². The van der Waals surface area contributed by atoms with Gasteiger partial charge in [-0.05, 0) is 30.7 Å². The molecule has 0 aliphatic heterocycles. The summed E-state index contributed by atoms with van der Waals surface area (Å²) in [5.74, 6) is 0.0436. The Morgan fingerprint density at radius 1 is 1.16 bits per heavy atom. The number of hydrogen-bond acceptors (Lipinski definition) is 4. The molecule has 0 radical (unpaired) electrons. The normalized spacial score (nSPS) is 11.2. The third kappa shape index (κ3) is 5.26. The van der Waals surface area contributed by atoms with E-state index in [1.54, 1.807) is 31.2 Å². The van der Waals surface area contributed by atoms with Crippen LogP contribution < -0.4 is 20.5 Å². The van der Waals surface area contributed by atoms with Crippen LogP contribution in [-0.4, -0.2) is 20.1 Å². The molecule has 7 heteroatoms. The molecule has 0 aromatic heterocycles. The van der Waals surface area contributed by atoms with Crippen LogP contribution in [0.2, 0.25) is 0 Å². The van der Waals surface area contributed by atoms with Crippen molar-refractivity contribution in [1.29, 1.82) is 0 Å². The summed E-state index contributed by atoms with van der Waals surface area (Å²) >= 11 is 0. The van der Waals surface area contributed by atoms with E-state index in [0.717, 1.165) is 5.56 Å². The lowest BCUT2D eigenvalue weighted by molar-refractivity contribution is -0.121. The van der Waals surface area contributed by atoms with E-state index in [2.05, 4.69) is 5.32 Å². The summed E-state index contributed by atoms with van der Waals surface area (Å²) in [6.45, 7) is 1.71. The molecule has 2 aromatic carbocycles. The number of hydrogen-bond donors (Lipinski definition) is 2. The minimum absolute atomic E-state index is 0. The van der Waals surface area contributed by atoms with Crippen molar-refractivity contribution < 1.29 is 18.7 Å². The average molecular weight is 369 g/mol. The van der Waals surface area contributed by atoms with Gasteiger partial charge in [-0.25, -0.2) is 4.39 Å². The fourth-order valence-electron chi connectivity index (χ4n) is 2.39. The van der Waals surface area contributed by atoms with Crippen molar-refractivity contribution in [3.05, 3.63) is 53.3 Å². The molecule has 0 fully saturated rings. The van der Waals surface area contributed by atoms with Crippen LogP contribution in [0.5, 0.6) is 11.5 Å². The van der Waals surface area contributed by atoms with Crippen LogP contribution in [-0.2, 0) is 11.2 Å². The summed E-state index contributed by atoms with van der Waals surface area (Å²) < 4.78 is 24.5. The van der Waals surface area contributed by atoms with E-state index in [9.17, 15) is 9.18 Å². The second-order valence-corrected chi connectivity index (χ2v) is 5.44. The molecular weight excluding hydrogens is 347 g/mol. The van der Waals surface area contributed by atoms with Gasteiger partial charge in [0.05, 0.1) is 26.7 Å². The number of nitrogen functional groups attached to an aromatic ring is 1. The fourth-order valence-corrected chi connectivity index (χ4v) is 2.39. The van der Waals surface area contributed by atoms with Gasteiger partial charge in [-0.3, -0.25) is 4.79 Å². The van der Waals surface area contributed by atoms with Crippen molar-refractivity contribution >= 4 is 24.0 Å². The first kappa shape index (κ1) is 20.6. The van der Waals surface area contributed by atoms with Gasteiger partial charge in [0.1, 0.15) is 5.82 Å². The van der Waals surface area contributed by atoms with Gasteiger partial charge < -0.3 is 20.5 Å². The van der Waals surface area contributed by atoms with E-state index in [0.29, 0.717) is 22.7 Å². The maximum absolute atomic E-state index is 14.2. The van der Waals surface area contributed by atoms with Gasteiger partial charge in [-0.2, -0.15) is 0 Å². The van der Waals surface area contributed by atoms with Gasteiger partial charge in [0.2, 0.25) is 5.91 Å². The topological polar surface area (TPSA) is 73.6 Å².